The van der Waals surface area contributed by atoms with Crippen molar-refractivity contribution in [3.8, 4) is 23.0 Å². The first-order valence-electron chi connectivity index (χ1n) is 7.12. The van der Waals surface area contributed by atoms with Gasteiger partial charge in [-0.15, -0.1) is 11.3 Å². The molecule has 2 aromatic carbocycles. The first-order valence-corrected chi connectivity index (χ1v) is 8.00. The van der Waals surface area contributed by atoms with Gasteiger partial charge < -0.3 is 5.11 Å². The molecule has 0 aliphatic carbocycles. The Morgan fingerprint density at radius 2 is 1.55 bits per heavy atom. The average molecular weight is 304 g/mol. The molecule has 22 heavy (non-hydrogen) atoms. The molecule has 0 amide bonds. The number of hydrogen-bond acceptors (Lipinski definition) is 2. The second kappa shape index (κ2) is 6.62. The monoisotopic (exact) mass is 304 g/mol. The van der Waals surface area contributed by atoms with E-state index in [1.165, 1.54) is 11.1 Å². The Kier molecular flexibility index (Phi) is 4.39. The fourth-order valence-corrected chi connectivity index (χ4v) is 2.76. The molecular weight excluding hydrogens is 288 g/mol. The molecule has 0 aliphatic rings. The van der Waals surface area contributed by atoms with Gasteiger partial charge in [0.15, 0.2) is 0 Å². The van der Waals surface area contributed by atoms with E-state index in [2.05, 4.69) is 43.0 Å². The Labute approximate surface area is 134 Å². The molecule has 0 fully saturated rings. The molecule has 1 nitrogen and oxygen atoms in total. The van der Waals surface area contributed by atoms with Gasteiger partial charge in [0.25, 0.3) is 0 Å². The van der Waals surface area contributed by atoms with Gasteiger partial charge in [0, 0.05) is 0 Å². The van der Waals surface area contributed by atoms with Crippen LogP contribution in [0.15, 0.2) is 66.0 Å². The molecule has 0 aliphatic heterocycles. The van der Waals surface area contributed by atoms with Gasteiger partial charge in [0.05, 0.1) is 4.88 Å². The molecule has 0 radical (unpaired) electrons. The van der Waals surface area contributed by atoms with E-state index in [1.54, 1.807) is 11.3 Å². The maximum Gasteiger partial charge on any atom is 0.140 e. The molecule has 2 heteroatoms. The molecule has 1 N–H and O–H groups in total. The average Bonchev–Trinajstić information content (AvgIpc) is 3.07. The van der Waals surface area contributed by atoms with E-state index in [0.29, 0.717) is 0 Å². The number of rotatable bonds is 2. The third-order valence-electron chi connectivity index (χ3n) is 3.46. The van der Waals surface area contributed by atoms with Crippen LogP contribution in [0.25, 0.3) is 11.1 Å². The minimum atomic E-state index is -0.755. The summed E-state index contributed by atoms with van der Waals surface area (Å²) in [5.74, 6) is 5.88. The van der Waals surface area contributed by atoms with Crippen molar-refractivity contribution in [1.29, 1.82) is 0 Å². The van der Waals surface area contributed by atoms with E-state index in [4.69, 9.17) is 0 Å². The van der Waals surface area contributed by atoms with Crippen LogP contribution < -0.4 is 0 Å². The highest BCUT2D eigenvalue weighted by atomic mass is 32.1. The van der Waals surface area contributed by atoms with E-state index in [9.17, 15) is 5.11 Å². The third-order valence-corrected chi connectivity index (χ3v) is 4.25. The predicted octanol–water partition coefficient (Wildman–Crippen LogP) is 4.81. The minimum absolute atomic E-state index is 0.755. The molecule has 108 valence electrons. The lowest BCUT2D eigenvalue weighted by molar-refractivity contribution is 0.238. The van der Waals surface area contributed by atoms with E-state index in [-0.39, 0.29) is 0 Å². The molecule has 1 atom stereocenters. The number of aliphatic hydroxyl groups is 1. The maximum absolute atomic E-state index is 10.1. The Bertz CT molecular complexity index is 788. The first-order chi connectivity index (χ1) is 10.7. The Morgan fingerprint density at radius 1 is 0.909 bits per heavy atom. The normalized spacial score (nSPS) is 11.5. The Morgan fingerprint density at radius 3 is 2.14 bits per heavy atom. The summed E-state index contributed by atoms with van der Waals surface area (Å²) >= 11 is 1.58. The summed E-state index contributed by atoms with van der Waals surface area (Å²) in [7, 11) is 0. The number of thiophene rings is 1. The van der Waals surface area contributed by atoms with Gasteiger partial charge >= 0.3 is 0 Å². The molecule has 0 saturated carbocycles. The number of aliphatic hydroxyl groups excluding tert-OH is 1. The summed E-state index contributed by atoms with van der Waals surface area (Å²) in [6.07, 6.45) is -0.755. The Hall–Kier alpha value is -2.34. The van der Waals surface area contributed by atoms with Crippen LogP contribution in [0.3, 0.4) is 0 Å². The topological polar surface area (TPSA) is 20.2 Å². The maximum atomic E-state index is 10.1. The van der Waals surface area contributed by atoms with Gasteiger partial charge in [-0.05, 0) is 35.1 Å². The van der Waals surface area contributed by atoms with Crippen LogP contribution >= 0.6 is 11.3 Å². The second-order valence-electron chi connectivity index (χ2n) is 5.14. The fourth-order valence-electron chi connectivity index (χ4n) is 2.18. The van der Waals surface area contributed by atoms with Crippen molar-refractivity contribution in [3.63, 3.8) is 0 Å². The van der Waals surface area contributed by atoms with E-state index in [1.807, 2.05) is 41.8 Å². The summed E-state index contributed by atoms with van der Waals surface area (Å²) < 4.78 is 0. The largest absolute Gasteiger partial charge is 0.376 e. The van der Waals surface area contributed by atoms with Gasteiger partial charge in [-0.25, -0.2) is 0 Å². The van der Waals surface area contributed by atoms with Crippen LogP contribution in [0.5, 0.6) is 0 Å². The molecule has 0 bridgehead atoms. The van der Waals surface area contributed by atoms with Crippen LogP contribution in [0.2, 0.25) is 0 Å². The standard InChI is InChI=1S/C20H16OS/c1-15-4-6-16(7-5-15)17-8-10-18(11-9-17)20(21)13-12-19-3-2-14-22-19/h2-11,14,20-21H,1H3. The lowest BCUT2D eigenvalue weighted by Gasteiger charge is -2.06. The highest BCUT2D eigenvalue weighted by Crippen LogP contribution is 2.22. The van der Waals surface area contributed by atoms with Crippen molar-refractivity contribution in [2.24, 2.45) is 0 Å². The molecule has 3 rings (SSSR count). The predicted molar refractivity (Wildman–Crippen MR) is 92.8 cm³/mol. The summed E-state index contributed by atoms with van der Waals surface area (Å²) in [5.41, 5.74) is 4.39. The molecule has 1 unspecified atom stereocenters. The molecule has 3 aromatic rings. The van der Waals surface area contributed by atoms with Crippen LogP contribution in [0.1, 0.15) is 22.1 Å². The van der Waals surface area contributed by atoms with Crippen molar-refractivity contribution in [3.05, 3.63) is 82.0 Å². The van der Waals surface area contributed by atoms with Crippen molar-refractivity contribution >= 4 is 11.3 Å². The van der Waals surface area contributed by atoms with E-state index < -0.39 is 6.10 Å². The van der Waals surface area contributed by atoms with Crippen molar-refractivity contribution in [2.75, 3.05) is 0 Å². The lowest BCUT2D eigenvalue weighted by Crippen LogP contribution is -1.93. The molecule has 0 spiro atoms. The van der Waals surface area contributed by atoms with Crippen LogP contribution in [0, 0.1) is 18.8 Å². The van der Waals surface area contributed by atoms with Crippen molar-refractivity contribution < 1.29 is 5.11 Å². The summed E-state index contributed by atoms with van der Waals surface area (Å²) in [6.45, 7) is 2.08. The quantitative estimate of drug-likeness (QED) is 0.674. The number of hydrogen-bond donors (Lipinski definition) is 1. The SMILES string of the molecule is Cc1ccc(-c2ccc(C(O)C#Cc3cccs3)cc2)cc1. The highest BCUT2D eigenvalue weighted by Gasteiger charge is 2.04. The van der Waals surface area contributed by atoms with Crippen molar-refractivity contribution in [2.45, 2.75) is 13.0 Å². The van der Waals surface area contributed by atoms with Crippen LogP contribution in [-0.2, 0) is 0 Å². The number of aryl methyl sites for hydroxylation is 1. The van der Waals surface area contributed by atoms with Crippen LogP contribution in [-0.4, -0.2) is 5.11 Å². The smallest absolute Gasteiger partial charge is 0.140 e. The second-order valence-corrected chi connectivity index (χ2v) is 6.08. The number of benzene rings is 2. The molecule has 1 aromatic heterocycles. The highest BCUT2D eigenvalue weighted by molar-refractivity contribution is 7.10. The lowest BCUT2D eigenvalue weighted by atomic mass is 10.0. The zero-order valence-electron chi connectivity index (χ0n) is 12.3. The van der Waals surface area contributed by atoms with Gasteiger partial charge in [-0.2, -0.15) is 0 Å². The zero-order valence-corrected chi connectivity index (χ0v) is 13.1. The fraction of sp³-hybridized carbons (Fsp3) is 0.100. The van der Waals surface area contributed by atoms with Gasteiger partial charge in [-0.3, -0.25) is 0 Å². The molecule has 0 saturated heterocycles. The van der Waals surface area contributed by atoms with Gasteiger partial charge in [0.2, 0.25) is 0 Å². The minimum Gasteiger partial charge on any atom is -0.376 e. The summed E-state index contributed by atoms with van der Waals surface area (Å²) in [6, 6.07) is 20.2. The van der Waals surface area contributed by atoms with Gasteiger partial charge in [0.1, 0.15) is 6.10 Å². The Balaban J connectivity index is 1.77. The summed E-state index contributed by atoms with van der Waals surface area (Å²) in [5, 5.41) is 12.1. The van der Waals surface area contributed by atoms with E-state index in [0.717, 1.165) is 16.0 Å². The third kappa shape index (κ3) is 3.46. The molecular formula is C20H16OS. The molecule has 1 heterocycles. The summed E-state index contributed by atoms with van der Waals surface area (Å²) in [4.78, 5) is 0.968. The zero-order chi connectivity index (χ0) is 15.4. The van der Waals surface area contributed by atoms with Gasteiger partial charge in [-0.1, -0.05) is 72.0 Å². The van der Waals surface area contributed by atoms with E-state index >= 15 is 0 Å². The first kappa shape index (κ1) is 14.6. The van der Waals surface area contributed by atoms with Crippen molar-refractivity contribution in [1.82, 2.24) is 0 Å². The van der Waals surface area contributed by atoms with Crippen LogP contribution in [0.4, 0.5) is 0 Å².